The lowest BCUT2D eigenvalue weighted by Crippen LogP contribution is -2.19. The Morgan fingerprint density at radius 3 is 2.67 bits per heavy atom. The lowest BCUT2D eigenvalue weighted by atomic mass is 10.1. The zero-order chi connectivity index (χ0) is 17.1. The van der Waals surface area contributed by atoms with Crippen LogP contribution >= 0.6 is 0 Å². The van der Waals surface area contributed by atoms with Crippen LogP contribution in [0.5, 0.6) is 0 Å². The average Bonchev–Trinajstić information content (AvgIpc) is 3.03. The predicted molar refractivity (Wildman–Crippen MR) is 94.1 cm³/mol. The number of benzene rings is 1. The second-order valence-corrected chi connectivity index (χ2v) is 5.88. The van der Waals surface area contributed by atoms with Gasteiger partial charge in [-0.2, -0.15) is 10.4 Å². The van der Waals surface area contributed by atoms with Crippen LogP contribution in [0.2, 0.25) is 0 Å². The molecule has 3 rings (SSSR count). The number of aromatic nitrogens is 3. The molecule has 0 spiro atoms. The van der Waals surface area contributed by atoms with Crippen molar-refractivity contribution < 1.29 is 0 Å². The molecule has 0 N–H and O–H groups in total. The van der Waals surface area contributed by atoms with Crippen molar-refractivity contribution in [2.45, 2.75) is 20.4 Å². The first-order valence-corrected chi connectivity index (χ1v) is 7.77. The van der Waals surface area contributed by atoms with E-state index in [1.54, 1.807) is 0 Å². The summed E-state index contributed by atoms with van der Waals surface area (Å²) in [7, 11) is 1.95. The van der Waals surface area contributed by atoms with E-state index in [4.69, 9.17) is 0 Å². The molecule has 1 aromatic carbocycles. The van der Waals surface area contributed by atoms with E-state index >= 15 is 0 Å². The number of pyridine rings is 1. The SMILES string of the molecule is Cc1cc(C)c(C#N)c(N(C)Cc2cnn(-c3ccccc3)c2)n1. The van der Waals surface area contributed by atoms with E-state index in [2.05, 4.69) is 16.2 Å². The summed E-state index contributed by atoms with van der Waals surface area (Å²) in [6.07, 6.45) is 3.85. The Morgan fingerprint density at radius 1 is 1.21 bits per heavy atom. The topological polar surface area (TPSA) is 57.7 Å². The molecule has 0 fully saturated rings. The Bertz CT molecular complexity index is 890. The van der Waals surface area contributed by atoms with Gasteiger partial charge in [-0.1, -0.05) is 18.2 Å². The number of nitriles is 1. The maximum absolute atomic E-state index is 9.42. The predicted octanol–water partition coefficient (Wildman–Crippen LogP) is 3.39. The molecule has 0 bridgehead atoms. The summed E-state index contributed by atoms with van der Waals surface area (Å²) in [5.74, 6) is 0.711. The Hall–Kier alpha value is -3.13. The maximum atomic E-state index is 9.42. The molecule has 0 amide bonds. The van der Waals surface area contributed by atoms with Gasteiger partial charge in [0.1, 0.15) is 11.9 Å². The van der Waals surface area contributed by atoms with Gasteiger partial charge in [0.05, 0.1) is 17.4 Å². The monoisotopic (exact) mass is 317 g/mol. The zero-order valence-electron chi connectivity index (χ0n) is 14.1. The Morgan fingerprint density at radius 2 is 1.96 bits per heavy atom. The zero-order valence-corrected chi connectivity index (χ0v) is 14.1. The van der Waals surface area contributed by atoms with Gasteiger partial charge >= 0.3 is 0 Å². The third-order valence-electron chi connectivity index (χ3n) is 3.88. The van der Waals surface area contributed by atoms with Crippen molar-refractivity contribution >= 4 is 5.82 Å². The van der Waals surface area contributed by atoms with Crippen molar-refractivity contribution in [3.8, 4) is 11.8 Å². The molecule has 0 aliphatic carbocycles. The first-order valence-electron chi connectivity index (χ1n) is 7.77. The lowest BCUT2D eigenvalue weighted by molar-refractivity contribution is 0.872. The number of hydrogen-bond donors (Lipinski definition) is 0. The molecule has 5 heteroatoms. The summed E-state index contributed by atoms with van der Waals surface area (Å²) >= 11 is 0. The van der Waals surface area contributed by atoms with Gasteiger partial charge in [-0.05, 0) is 37.6 Å². The van der Waals surface area contributed by atoms with Gasteiger partial charge in [0.2, 0.25) is 0 Å². The normalized spacial score (nSPS) is 10.4. The minimum atomic E-state index is 0.624. The number of para-hydroxylation sites is 1. The summed E-state index contributed by atoms with van der Waals surface area (Å²) in [5, 5.41) is 13.8. The molecule has 2 heterocycles. The first kappa shape index (κ1) is 15.8. The van der Waals surface area contributed by atoms with Gasteiger partial charge in [0, 0.05) is 31.0 Å². The van der Waals surface area contributed by atoms with E-state index in [9.17, 15) is 5.26 Å². The second kappa shape index (κ2) is 6.55. The Kier molecular flexibility index (Phi) is 4.30. The van der Waals surface area contributed by atoms with E-state index in [1.165, 1.54) is 0 Å². The molecule has 0 atom stereocenters. The Labute approximate surface area is 141 Å². The fourth-order valence-corrected chi connectivity index (χ4v) is 2.74. The highest BCUT2D eigenvalue weighted by molar-refractivity contribution is 5.57. The first-order chi connectivity index (χ1) is 11.6. The molecule has 3 aromatic rings. The van der Waals surface area contributed by atoms with Crippen LogP contribution < -0.4 is 4.90 Å². The van der Waals surface area contributed by atoms with Gasteiger partial charge in [-0.15, -0.1) is 0 Å². The molecule has 0 saturated carbocycles. The summed E-state index contributed by atoms with van der Waals surface area (Å²) in [6, 6.07) is 14.2. The summed E-state index contributed by atoms with van der Waals surface area (Å²) < 4.78 is 1.85. The van der Waals surface area contributed by atoms with Crippen LogP contribution in [0.15, 0.2) is 48.8 Å². The van der Waals surface area contributed by atoms with Crippen molar-refractivity contribution in [3.63, 3.8) is 0 Å². The van der Waals surface area contributed by atoms with Gasteiger partial charge in [-0.3, -0.25) is 0 Å². The quantitative estimate of drug-likeness (QED) is 0.740. The highest BCUT2D eigenvalue weighted by atomic mass is 15.3. The fourth-order valence-electron chi connectivity index (χ4n) is 2.74. The average molecular weight is 317 g/mol. The fraction of sp³-hybridized carbons (Fsp3) is 0.211. The van der Waals surface area contributed by atoms with Gasteiger partial charge in [0.15, 0.2) is 0 Å². The molecule has 0 aliphatic heterocycles. The number of rotatable bonds is 4. The molecular weight excluding hydrogens is 298 g/mol. The van der Waals surface area contributed by atoms with Gasteiger partial charge < -0.3 is 4.90 Å². The standard InChI is InChI=1S/C19H19N5/c1-14-9-15(2)22-19(18(14)10-20)23(3)12-16-11-21-24(13-16)17-7-5-4-6-8-17/h4-9,11,13H,12H2,1-3H3. The van der Waals surface area contributed by atoms with Crippen molar-refractivity contribution in [1.29, 1.82) is 5.26 Å². The van der Waals surface area contributed by atoms with Gasteiger partial charge in [0.25, 0.3) is 0 Å². The van der Waals surface area contributed by atoms with Crippen LogP contribution in [0.25, 0.3) is 5.69 Å². The highest BCUT2D eigenvalue weighted by Gasteiger charge is 2.14. The van der Waals surface area contributed by atoms with Gasteiger partial charge in [-0.25, -0.2) is 9.67 Å². The highest BCUT2D eigenvalue weighted by Crippen LogP contribution is 2.22. The third kappa shape index (κ3) is 3.13. The minimum absolute atomic E-state index is 0.624. The van der Waals surface area contributed by atoms with E-state index in [0.29, 0.717) is 17.9 Å². The molecule has 0 unspecified atom stereocenters. The van der Waals surface area contributed by atoms with E-state index in [-0.39, 0.29) is 0 Å². The third-order valence-corrected chi connectivity index (χ3v) is 3.88. The summed E-state index contributed by atoms with van der Waals surface area (Å²) in [4.78, 5) is 6.53. The van der Waals surface area contributed by atoms with Crippen molar-refractivity contribution in [1.82, 2.24) is 14.8 Å². The van der Waals surface area contributed by atoms with Crippen LogP contribution in [0.1, 0.15) is 22.4 Å². The number of nitrogens with zero attached hydrogens (tertiary/aromatic N) is 5. The molecule has 120 valence electrons. The van der Waals surface area contributed by atoms with Crippen LogP contribution in [-0.4, -0.2) is 21.8 Å². The molecular formula is C19H19N5. The van der Waals surface area contributed by atoms with Crippen LogP contribution in [-0.2, 0) is 6.54 Å². The second-order valence-electron chi connectivity index (χ2n) is 5.88. The van der Waals surface area contributed by atoms with E-state index in [0.717, 1.165) is 22.5 Å². The van der Waals surface area contributed by atoms with Crippen LogP contribution in [0.3, 0.4) is 0 Å². The Balaban J connectivity index is 1.85. The summed E-state index contributed by atoms with van der Waals surface area (Å²) in [5.41, 5.74) is 4.57. The number of anilines is 1. The summed E-state index contributed by atoms with van der Waals surface area (Å²) in [6.45, 7) is 4.52. The maximum Gasteiger partial charge on any atom is 0.147 e. The lowest BCUT2D eigenvalue weighted by Gasteiger charge is -2.20. The van der Waals surface area contributed by atoms with Crippen LogP contribution in [0, 0.1) is 25.2 Å². The number of aryl methyl sites for hydroxylation is 2. The molecule has 2 aromatic heterocycles. The van der Waals surface area contributed by atoms with Crippen LogP contribution in [0.4, 0.5) is 5.82 Å². The molecule has 0 radical (unpaired) electrons. The smallest absolute Gasteiger partial charge is 0.147 e. The van der Waals surface area contributed by atoms with E-state index < -0.39 is 0 Å². The number of hydrogen-bond acceptors (Lipinski definition) is 4. The molecule has 5 nitrogen and oxygen atoms in total. The van der Waals surface area contributed by atoms with E-state index in [1.807, 2.05) is 79.3 Å². The minimum Gasteiger partial charge on any atom is -0.354 e. The molecule has 0 aliphatic rings. The largest absolute Gasteiger partial charge is 0.354 e. The molecule has 0 saturated heterocycles. The van der Waals surface area contributed by atoms with Crippen molar-refractivity contribution in [2.75, 3.05) is 11.9 Å². The molecule has 24 heavy (non-hydrogen) atoms. The van der Waals surface area contributed by atoms with Crippen molar-refractivity contribution in [2.24, 2.45) is 0 Å². The van der Waals surface area contributed by atoms with Crippen molar-refractivity contribution in [3.05, 3.63) is 71.2 Å².